The Morgan fingerprint density at radius 1 is 1.20 bits per heavy atom. The quantitative estimate of drug-likeness (QED) is 0.812. The molecule has 2 aromatic rings. The number of halogens is 1. The fraction of sp³-hybridized carbons (Fsp3) is 0.0714. The summed E-state index contributed by atoms with van der Waals surface area (Å²) in [6.45, 7) is -0.0682. The lowest BCUT2D eigenvalue weighted by Gasteiger charge is -2.11. The van der Waals surface area contributed by atoms with Crippen LogP contribution in [0.5, 0.6) is 5.75 Å². The summed E-state index contributed by atoms with van der Waals surface area (Å²) in [5, 5.41) is 27.0. The monoisotopic (exact) mass is 271 g/mol. The van der Waals surface area contributed by atoms with Crippen LogP contribution in [0.2, 0.25) is 0 Å². The van der Waals surface area contributed by atoms with Crippen molar-refractivity contribution in [3.05, 3.63) is 59.4 Å². The summed E-state index contributed by atoms with van der Waals surface area (Å²) in [5.74, 6) is -0.266. The molecule has 0 radical (unpaired) electrons. The average molecular weight is 271 g/mol. The minimum Gasteiger partial charge on any atom is -0.489 e. The first-order valence-corrected chi connectivity index (χ1v) is 5.88. The minimum absolute atomic E-state index is 0.0682. The first kappa shape index (κ1) is 14.1. The van der Waals surface area contributed by atoms with Gasteiger partial charge in [0.1, 0.15) is 18.2 Å². The second-order valence-corrected chi connectivity index (χ2v) is 4.12. The Morgan fingerprint density at radius 2 is 1.95 bits per heavy atom. The summed E-state index contributed by atoms with van der Waals surface area (Å²) in [5.41, 5.74) is 0.727. The third-order valence-electron chi connectivity index (χ3n) is 2.76. The Kier molecular flexibility index (Phi) is 4.36. The Bertz CT molecular complexity index is 655. The van der Waals surface area contributed by atoms with Crippen molar-refractivity contribution in [2.45, 2.75) is 6.61 Å². The van der Waals surface area contributed by atoms with Gasteiger partial charge in [-0.3, -0.25) is 0 Å². The van der Waals surface area contributed by atoms with Gasteiger partial charge >= 0.3 is 7.12 Å². The molecule has 4 nitrogen and oxygen atoms in total. The molecule has 0 unspecified atom stereocenters. The van der Waals surface area contributed by atoms with Crippen LogP contribution in [0.15, 0.2) is 42.5 Å². The number of hydrogen-bond donors (Lipinski definition) is 2. The summed E-state index contributed by atoms with van der Waals surface area (Å²) in [6, 6.07) is 12.3. The molecule has 0 amide bonds. The van der Waals surface area contributed by atoms with E-state index in [1.807, 2.05) is 6.07 Å². The lowest BCUT2D eigenvalue weighted by Crippen LogP contribution is -2.31. The van der Waals surface area contributed by atoms with Gasteiger partial charge in [0.25, 0.3) is 0 Å². The molecule has 0 aliphatic rings. The van der Waals surface area contributed by atoms with Crippen molar-refractivity contribution in [1.29, 1.82) is 5.26 Å². The van der Waals surface area contributed by atoms with Crippen molar-refractivity contribution in [3.8, 4) is 11.8 Å². The van der Waals surface area contributed by atoms with Crippen LogP contribution in [0.4, 0.5) is 4.39 Å². The van der Waals surface area contributed by atoms with Crippen molar-refractivity contribution in [2.75, 3.05) is 0 Å². The molecule has 0 saturated carbocycles. The number of rotatable bonds is 4. The third-order valence-corrected chi connectivity index (χ3v) is 2.76. The van der Waals surface area contributed by atoms with E-state index < -0.39 is 12.9 Å². The topological polar surface area (TPSA) is 73.5 Å². The molecule has 2 rings (SSSR count). The van der Waals surface area contributed by atoms with Crippen LogP contribution in [0.25, 0.3) is 0 Å². The molecule has 2 aromatic carbocycles. The van der Waals surface area contributed by atoms with Gasteiger partial charge in [-0.15, -0.1) is 0 Å². The molecule has 0 atom stereocenters. The number of benzene rings is 2. The Labute approximate surface area is 115 Å². The molecular formula is C14H11BFNO3. The first-order chi connectivity index (χ1) is 9.61. The molecule has 0 aliphatic carbocycles. The van der Waals surface area contributed by atoms with Crippen LogP contribution in [-0.2, 0) is 6.61 Å². The largest absolute Gasteiger partial charge is 0.492 e. The molecule has 6 heteroatoms. The lowest BCUT2D eigenvalue weighted by atomic mass is 9.79. The zero-order chi connectivity index (χ0) is 14.5. The maximum atomic E-state index is 13.7. The van der Waals surface area contributed by atoms with Gasteiger partial charge in [0.05, 0.1) is 11.6 Å². The summed E-state index contributed by atoms with van der Waals surface area (Å²) in [7, 11) is -1.66. The SMILES string of the molecule is N#Cc1ccc(COc2ccccc2B(O)O)c(F)c1. The predicted molar refractivity (Wildman–Crippen MR) is 71.7 cm³/mol. The van der Waals surface area contributed by atoms with Crippen LogP contribution < -0.4 is 10.2 Å². The van der Waals surface area contributed by atoms with Gasteiger partial charge in [-0.1, -0.05) is 24.3 Å². The maximum Gasteiger partial charge on any atom is 0.492 e. The van der Waals surface area contributed by atoms with Gasteiger partial charge in [0, 0.05) is 11.0 Å². The van der Waals surface area contributed by atoms with Crippen molar-refractivity contribution >= 4 is 12.6 Å². The molecule has 100 valence electrons. The minimum atomic E-state index is -1.66. The second-order valence-electron chi connectivity index (χ2n) is 4.12. The standard InChI is InChI=1S/C14H11BFNO3/c16-13-7-10(8-17)5-6-11(13)9-20-14-4-2-1-3-12(14)15(18)19/h1-7,18-19H,9H2. The van der Waals surface area contributed by atoms with Gasteiger partial charge in [0.2, 0.25) is 0 Å². The fourth-order valence-corrected chi connectivity index (χ4v) is 1.71. The molecule has 20 heavy (non-hydrogen) atoms. The number of para-hydroxylation sites is 1. The Hall–Kier alpha value is -2.36. The molecule has 0 aliphatic heterocycles. The normalized spacial score (nSPS) is 9.90. The smallest absolute Gasteiger partial charge is 0.489 e. The first-order valence-electron chi connectivity index (χ1n) is 5.88. The summed E-state index contributed by atoms with van der Waals surface area (Å²) >= 11 is 0. The summed E-state index contributed by atoms with van der Waals surface area (Å²) < 4.78 is 19.1. The van der Waals surface area contributed by atoms with E-state index in [-0.39, 0.29) is 28.9 Å². The van der Waals surface area contributed by atoms with Gasteiger partial charge in [0.15, 0.2) is 0 Å². The zero-order valence-electron chi connectivity index (χ0n) is 10.5. The Morgan fingerprint density at radius 3 is 2.60 bits per heavy atom. The van der Waals surface area contributed by atoms with Crippen molar-refractivity contribution < 1.29 is 19.2 Å². The Balaban J connectivity index is 2.15. The van der Waals surface area contributed by atoms with E-state index >= 15 is 0 Å². The molecular weight excluding hydrogens is 260 g/mol. The molecule has 0 heterocycles. The average Bonchev–Trinajstić information content (AvgIpc) is 2.46. The number of ether oxygens (including phenoxy) is 1. The molecule has 0 spiro atoms. The van der Waals surface area contributed by atoms with Gasteiger partial charge < -0.3 is 14.8 Å². The van der Waals surface area contributed by atoms with E-state index in [1.165, 1.54) is 18.2 Å². The maximum absolute atomic E-state index is 13.7. The third kappa shape index (κ3) is 3.15. The highest BCUT2D eigenvalue weighted by Crippen LogP contribution is 2.14. The summed E-state index contributed by atoms with van der Waals surface area (Å²) in [6.07, 6.45) is 0. The van der Waals surface area contributed by atoms with Crippen LogP contribution in [0.3, 0.4) is 0 Å². The molecule has 0 fully saturated rings. The van der Waals surface area contributed by atoms with Crippen molar-refractivity contribution in [2.24, 2.45) is 0 Å². The van der Waals surface area contributed by atoms with Gasteiger partial charge in [-0.05, 0) is 18.2 Å². The molecule has 0 saturated heterocycles. The highest BCUT2D eigenvalue weighted by molar-refractivity contribution is 6.59. The number of nitriles is 1. The molecule has 2 N–H and O–H groups in total. The van der Waals surface area contributed by atoms with Crippen LogP contribution >= 0.6 is 0 Å². The van der Waals surface area contributed by atoms with E-state index in [1.54, 1.807) is 18.2 Å². The fourth-order valence-electron chi connectivity index (χ4n) is 1.71. The van der Waals surface area contributed by atoms with Gasteiger partial charge in [-0.25, -0.2) is 4.39 Å². The van der Waals surface area contributed by atoms with E-state index in [0.29, 0.717) is 0 Å². The number of nitrogens with zero attached hydrogens (tertiary/aromatic N) is 1. The highest BCUT2D eigenvalue weighted by Gasteiger charge is 2.16. The lowest BCUT2D eigenvalue weighted by molar-refractivity contribution is 0.300. The predicted octanol–water partition coefficient (Wildman–Crippen LogP) is 0.956. The van der Waals surface area contributed by atoms with E-state index in [9.17, 15) is 14.4 Å². The van der Waals surface area contributed by atoms with Crippen molar-refractivity contribution in [1.82, 2.24) is 0 Å². The van der Waals surface area contributed by atoms with Crippen LogP contribution in [0, 0.1) is 17.1 Å². The van der Waals surface area contributed by atoms with Gasteiger partial charge in [-0.2, -0.15) is 5.26 Å². The van der Waals surface area contributed by atoms with E-state index in [2.05, 4.69) is 0 Å². The molecule has 0 bridgehead atoms. The molecule has 0 aromatic heterocycles. The van der Waals surface area contributed by atoms with Crippen LogP contribution in [0.1, 0.15) is 11.1 Å². The van der Waals surface area contributed by atoms with E-state index in [4.69, 9.17) is 10.00 Å². The van der Waals surface area contributed by atoms with Crippen molar-refractivity contribution in [3.63, 3.8) is 0 Å². The van der Waals surface area contributed by atoms with E-state index in [0.717, 1.165) is 6.07 Å². The highest BCUT2D eigenvalue weighted by atomic mass is 19.1. The number of hydrogen-bond acceptors (Lipinski definition) is 4. The summed E-state index contributed by atoms with van der Waals surface area (Å²) in [4.78, 5) is 0. The van der Waals surface area contributed by atoms with Crippen LogP contribution in [-0.4, -0.2) is 17.2 Å². The zero-order valence-corrected chi connectivity index (χ0v) is 10.5. The second kappa shape index (κ2) is 6.19.